The summed E-state index contributed by atoms with van der Waals surface area (Å²) < 4.78 is 137. The molecule has 4 N–H and O–H groups in total. The first-order valence-electron chi connectivity index (χ1n) is 15.7. The molecule has 55 heavy (non-hydrogen) atoms. The quantitative estimate of drug-likeness (QED) is 0.107. The standard InChI is InChI=1S/C32H36F7N5O10S/c1-28(2,3)52-26(47)41-20-15-55(49,50)22-13-19(33)18(12-21(22)44(24(20)45)14-16-8-10-17(11-9-16)51-32(37,38)39)23(40)43-54-25(46)30(7,31(34,35)36)42-27(48)53-29(4,5)6/h8-13,20H,14-15H2,1-7H3,(H2,40,43)(H,41,47)(H,42,48)/t20-,30?/m0/s1. The Morgan fingerprint density at radius 3 is 1.96 bits per heavy atom. The van der Waals surface area contributed by atoms with E-state index >= 15 is 4.39 Å². The average Bonchev–Trinajstić information content (AvgIpc) is 3.05. The SMILES string of the molecule is CC(C)(C)OC(=O)N[C@H]1CS(=O)(=O)c2cc(F)c(/C(N)=N/OC(=O)C(C)(NC(=O)OC(C)(C)C)C(F)(F)F)cc2N(Cc2ccc(OC(F)(F)F)cc2)C1=O. The number of ether oxygens (including phenoxy) is 3. The molecule has 1 aliphatic heterocycles. The van der Waals surface area contributed by atoms with Gasteiger partial charge in [0, 0.05) is 0 Å². The number of alkyl carbamates (subject to hydrolysis) is 2. The zero-order valence-corrected chi connectivity index (χ0v) is 30.9. The van der Waals surface area contributed by atoms with Gasteiger partial charge in [0.15, 0.2) is 15.7 Å². The van der Waals surface area contributed by atoms with Crippen molar-refractivity contribution in [2.24, 2.45) is 10.9 Å². The van der Waals surface area contributed by atoms with E-state index in [-0.39, 0.29) is 12.5 Å². The molecule has 0 saturated heterocycles. The molecular weight excluding hydrogens is 779 g/mol. The van der Waals surface area contributed by atoms with Gasteiger partial charge in [0.1, 0.15) is 28.8 Å². The van der Waals surface area contributed by atoms with Crippen molar-refractivity contribution in [3.05, 3.63) is 53.3 Å². The molecule has 304 valence electrons. The van der Waals surface area contributed by atoms with Gasteiger partial charge in [0.2, 0.25) is 5.54 Å². The highest BCUT2D eigenvalue weighted by Crippen LogP contribution is 2.36. The Morgan fingerprint density at radius 1 is 0.909 bits per heavy atom. The lowest BCUT2D eigenvalue weighted by Gasteiger charge is -2.30. The van der Waals surface area contributed by atoms with Crippen LogP contribution in [-0.4, -0.2) is 79.4 Å². The molecule has 3 amide bonds. The van der Waals surface area contributed by atoms with Gasteiger partial charge in [-0.25, -0.2) is 27.2 Å². The topological polar surface area (TPSA) is 205 Å². The highest BCUT2D eigenvalue weighted by Gasteiger charge is 2.60. The summed E-state index contributed by atoms with van der Waals surface area (Å²) >= 11 is 0. The summed E-state index contributed by atoms with van der Waals surface area (Å²) in [5.74, 6) is -7.88. The minimum atomic E-state index is -5.52. The molecule has 0 aromatic heterocycles. The van der Waals surface area contributed by atoms with Gasteiger partial charge in [-0.3, -0.25) is 10.1 Å². The number of sulfone groups is 1. The summed E-state index contributed by atoms with van der Waals surface area (Å²) in [7, 11) is -4.71. The minimum absolute atomic E-state index is 0.0505. The normalized spacial score (nSPS) is 17.6. The summed E-state index contributed by atoms with van der Waals surface area (Å²) in [5, 5.41) is 6.54. The van der Waals surface area contributed by atoms with E-state index in [4.69, 9.17) is 15.2 Å². The highest BCUT2D eigenvalue weighted by molar-refractivity contribution is 7.91. The third-order valence-corrected chi connectivity index (χ3v) is 8.81. The molecule has 0 fully saturated rings. The van der Waals surface area contributed by atoms with Crippen molar-refractivity contribution in [1.82, 2.24) is 10.6 Å². The second-order valence-corrected chi connectivity index (χ2v) is 16.0. The number of amides is 3. The molecule has 2 aromatic carbocycles. The van der Waals surface area contributed by atoms with Crippen molar-refractivity contribution in [3.8, 4) is 5.75 Å². The molecule has 1 aliphatic rings. The van der Waals surface area contributed by atoms with Gasteiger partial charge in [0.05, 0.1) is 28.4 Å². The number of nitrogens with one attached hydrogen (secondary N) is 2. The molecule has 2 atom stereocenters. The van der Waals surface area contributed by atoms with E-state index in [0.717, 1.165) is 24.3 Å². The smallest absolute Gasteiger partial charge is 0.444 e. The van der Waals surface area contributed by atoms with E-state index in [1.54, 1.807) is 0 Å². The predicted octanol–water partition coefficient (Wildman–Crippen LogP) is 4.95. The van der Waals surface area contributed by atoms with E-state index in [2.05, 4.69) is 20.0 Å². The van der Waals surface area contributed by atoms with Crippen LogP contribution in [0.2, 0.25) is 0 Å². The van der Waals surface area contributed by atoms with Crippen molar-refractivity contribution >= 4 is 45.4 Å². The summed E-state index contributed by atoms with van der Waals surface area (Å²) in [6.45, 7) is 7.98. The number of halogens is 7. The maximum atomic E-state index is 15.6. The van der Waals surface area contributed by atoms with Crippen LogP contribution in [0.15, 0.2) is 46.4 Å². The molecule has 0 spiro atoms. The van der Waals surface area contributed by atoms with Gasteiger partial charge in [-0.15, -0.1) is 13.2 Å². The molecular formula is C32H36F7N5O10S. The number of anilines is 1. The van der Waals surface area contributed by atoms with Crippen LogP contribution in [0.1, 0.15) is 59.6 Å². The third-order valence-electron chi connectivity index (χ3n) is 7.04. The molecule has 0 bridgehead atoms. The van der Waals surface area contributed by atoms with Crippen LogP contribution in [0.5, 0.6) is 5.75 Å². The summed E-state index contributed by atoms with van der Waals surface area (Å²) in [4.78, 5) is 55.6. The lowest BCUT2D eigenvalue weighted by molar-refractivity contribution is -0.274. The molecule has 0 radical (unpaired) electrons. The van der Waals surface area contributed by atoms with Gasteiger partial charge in [-0.1, -0.05) is 17.3 Å². The van der Waals surface area contributed by atoms with Crippen LogP contribution in [0, 0.1) is 5.82 Å². The maximum Gasteiger partial charge on any atom is 0.573 e. The fraction of sp³-hybridized carbons (Fsp3) is 0.469. The van der Waals surface area contributed by atoms with E-state index in [9.17, 15) is 53.9 Å². The fourth-order valence-electron chi connectivity index (χ4n) is 4.56. The number of benzene rings is 2. The molecule has 1 heterocycles. The number of oxime groups is 1. The summed E-state index contributed by atoms with van der Waals surface area (Å²) in [6, 6.07) is 3.02. The Morgan fingerprint density at radius 2 is 1.45 bits per heavy atom. The Labute approximate surface area is 309 Å². The maximum absolute atomic E-state index is 15.6. The Kier molecular flexibility index (Phi) is 12.3. The monoisotopic (exact) mass is 815 g/mol. The lowest BCUT2D eigenvalue weighted by Crippen LogP contribution is -2.62. The number of hydrogen-bond donors (Lipinski definition) is 3. The number of fused-ring (bicyclic) bond motifs is 1. The Hall–Kier alpha value is -5.35. The van der Waals surface area contributed by atoms with Gasteiger partial charge in [-0.2, -0.15) is 13.2 Å². The third kappa shape index (κ3) is 11.6. The predicted molar refractivity (Wildman–Crippen MR) is 177 cm³/mol. The van der Waals surface area contributed by atoms with Crippen LogP contribution >= 0.6 is 0 Å². The number of nitrogens with zero attached hydrogens (tertiary/aromatic N) is 2. The Balaban J connectivity index is 2.11. The van der Waals surface area contributed by atoms with Crippen molar-refractivity contribution in [2.75, 3.05) is 10.7 Å². The van der Waals surface area contributed by atoms with Crippen LogP contribution in [0.25, 0.3) is 0 Å². The molecule has 2 aromatic rings. The first-order chi connectivity index (χ1) is 24.8. The first-order valence-corrected chi connectivity index (χ1v) is 17.3. The Bertz CT molecular complexity index is 1960. The molecule has 1 unspecified atom stereocenters. The fourth-order valence-corrected chi connectivity index (χ4v) is 6.17. The summed E-state index contributed by atoms with van der Waals surface area (Å²) in [6.07, 6.45) is -13.5. The van der Waals surface area contributed by atoms with Crippen LogP contribution in [0.4, 0.5) is 46.0 Å². The number of carbonyl (C=O) groups is 4. The van der Waals surface area contributed by atoms with Crippen molar-refractivity contribution in [1.29, 1.82) is 0 Å². The molecule has 0 saturated carbocycles. The zero-order valence-electron chi connectivity index (χ0n) is 30.1. The first kappa shape index (κ1) is 44.0. The van der Waals surface area contributed by atoms with Gasteiger partial charge in [-0.05, 0) is 78.3 Å². The molecule has 15 nitrogen and oxygen atoms in total. The number of nitrogens with two attached hydrogens (primary N) is 1. The minimum Gasteiger partial charge on any atom is -0.444 e. The van der Waals surface area contributed by atoms with E-state index in [1.165, 1.54) is 46.9 Å². The highest BCUT2D eigenvalue weighted by atomic mass is 32.2. The second kappa shape index (κ2) is 15.4. The van der Waals surface area contributed by atoms with Crippen LogP contribution in [-0.2, 0) is 40.3 Å². The number of hydrogen-bond acceptors (Lipinski definition) is 11. The number of amidine groups is 1. The van der Waals surface area contributed by atoms with Crippen LogP contribution < -0.4 is 26.0 Å². The van der Waals surface area contributed by atoms with E-state index < -0.39 is 115 Å². The van der Waals surface area contributed by atoms with Gasteiger partial charge >= 0.3 is 30.7 Å². The average molecular weight is 816 g/mol. The summed E-state index contributed by atoms with van der Waals surface area (Å²) in [5.41, 5.74) is -1.91. The van der Waals surface area contributed by atoms with Crippen molar-refractivity contribution in [3.63, 3.8) is 0 Å². The number of rotatable bonds is 8. The lowest BCUT2D eigenvalue weighted by atomic mass is 10.0. The second-order valence-electron chi connectivity index (χ2n) is 14.0. The van der Waals surface area contributed by atoms with Crippen molar-refractivity contribution in [2.45, 2.75) is 95.2 Å². The van der Waals surface area contributed by atoms with E-state index in [1.807, 2.05) is 0 Å². The molecule has 0 aliphatic carbocycles. The molecule has 3 rings (SSSR count). The number of alkyl halides is 6. The number of carbonyl (C=O) groups excluding carboxylic acids is 4. The van der Waals surface area contributed by atoms with E-state index in [0.29, 0.717) is 17.0 Å². The zero-order chi connectivity index (χ0) is 42.1. The van der Waals surface area contributed by atoms with Crippen LogP contribution in [0.3, 0.4) is 0 Å². The van der Waals surface area contributed by atoms with Gasteiger partial charge < -0.3 is 35.0 Å². The molecule has 23 heteroatoms. The largest absolute Gasteiger partial charge is 0.573 e. The van der Waals surface area contributed by atoms with Crippen molar-refractivity contribution < 1.29 is 77.4 Å². The van der Waals surface area contributed by atoms with Gasteiger partial charge in [0.25, 0.3) is 5.91 Å².